The van der Waals surface area contributed by atoms with Gasteiger partial charge in [0.15, 0.2) is 0 Å². The Morgan fingerprint density at radius 1 is 1.33 bits per heavy atom. The largest absolute Gasteiger partial charge is 0.384 e. The summed E-state index contributed by atoms with van der Waals surface area (Å²) in [5.74, 6) is -0.643. The van der Waals surface area contributed by atoms with Crippen LogP contribution in [0.15, 0.2) is 36.8 Å². The lowest BCUT2D eigenvalue weighted by Crippen LogP contribution is -2.42. The summed E-state index contributed by atoms with van der Waals surface area (Å²) in [5.41, 5.74) is 3.00. The minimum absolute atomic E-state index is 0.0876. The normalized spacial score (nSPS) is 15.9. The van der Waals surface area contributed by atoms with Crippen LogP contribution in [0.1, 0.15) is 31.4 Å². The minimum atomic E-state index is -1.01. The van der Waals surface area contributed by atoms with Gasteiger partial charge in [0.2, 0.25) is 0 Å². The van der Waals surface area contributed by atoms with Gasteiger partial charge in [0.1, 0.15) is 23.9 Å². The van der Waals surface area contributed by atoms with Crippen molar-refractivity contribution in [3.8, 4) is 22.5 Å². The molecular formula is C21H21ClFN5O2. The van der Waals surface area contributed by atoms with Crippen LogP contribution in [-0.4, -0.2) is 55.3 Å². The first-order valence-corrected chi connectivity index (χ1v) is 10.1. The second-order valence-corrected chi connectivity index (χ2v) is 7.79. The highest BCUT2D eigenvalue weighted by atomic mass is 35.5. The average Bonchev–Trinajstić information content (AvgIpc) is 3.18. The molecule has 7 nitrogen and oxygen atoms in total. The van der Waals surface area contributed by atoms with E-state index >= 15 is 0 Å². The van der Waals surface area contributed by atoms with E-state index in [1.807, 2.05) is 0 Å². The van der Waals surface area contributed by atoms with E-state index in [-0.39, 0.29) is 11.8 Å². The van der Waals surface area contributed by atoms with Crippen molar-refractivity contribution in [2.75, 3.05) is 13.1 Å². The molecule has 2 aromatic heterocycles. The number of hydrogen-bond acceptors (Lipinski definition) is 5. The van der Waals surface area contributed by atoms with Crippen molar-refractivity contribution in [3.05, 3.63) is 53.3 Å². The summed E-state index contributed by atoms with van der Waals surface area (Å²) in [6.07, 6.45) is 3.45. The van der Waals surface area contributed by atoms with Crippen LogP contribution in [0.5, 0.6) is 0 Å². The Hall–Kier alpha value is -2.84. The number of hydrogen-bond donors (Lipinski definition) is 2. The van der Waals surface area contributed by atoms with E-state index < -0.39 is 11.9 Å². The standard InChI is InChI=1S/C21H21ClFN5O2/c1-12(29)21(30)28-8-5-13(6-9-28)19-18(17-4-7-24-11-25-17)20(27-26-19)15-3-2-14(22)10-16(15)23/h2-4,7,10-13,29H,5-6,8-9H2,1H3,(H,26,27)/t12-/m1/s1. The Bertz CT molecular complexity index is 1050. The number of rotatable bonds is 4. The highest BCUT2D eigenvalue weighted by molar-refractivity contribution is 6.30. The van der Waals surface area contributed by atoms with Crippen LogP contribution < -0.4 is 0 Å². The molecule has 156 valence electrons. The van der Waals surface area contributed by atoms with Gasteiger partial charge < -0.3 is 10.0 Å². The maximum atomic E-state index is 14.7. The van der Waals surface area contributed by atoms with Gasteiger partial charge in [-0.05, 0) is 44.0 Å². The Labute approximate surface area is 177 Å². The zero-order valence-corrected chi connectivity index (χ0v) is 17.1. The Kier molecular flexibility index (Phi) is 5.78. The second-order valence-electron chi connectivity index (χ2n) is 7.36. The molecule has 1 aliphatic heterocycles. The first-order chi connectivity index (χ1) is 14.5. The molecule has 3 aromatic rings. The molecule has 1 fully saturated rings. The van der Waals surface area contributed by atoms with E-state index in [1.54, 1.807) is 29.3 Å². The first-order valence-electron chi connectivity index (χ1n) is 9.72. The number of nitrogens with zero attached hydrogens (tertiary/aromatic N) is 4. The van der Waals surface area contributed by atoms with Crippen molar-refractivity contribution in [1.82, 2.24) is 25.1 Å². The van der Waals surface area contributed by atoms with Crippen LogP contribution in [-0.2, 0) is 4.79 Å². The molecule has 1 amide bonds. The molecule has 9 heteroatoms. The number of aliphatic hydroxyl groups is 1. The maximum Gasteiger partial charge on any atom is 0.251 e. The highest BCUT2D eigenvalue weighted by Crippen LogP contribution is 2.40. The van der Waals surface area contributed by atoms with Gasteiger partial charge in [-0.2, -0.15) is 5.10 Å². The molecule has 3 heterocycles. The van der Waals surface area contributed by atoms with Crippen LogP contribution in [0.4, 0.5) is 4.39 Å². The number of benzene rings is 1. The zero-order valence-electron chi connectivity index (χ0n) is 16.3. The predicted molar refractivity (Wildman–Crippen MR) is 110 cm³/mol. The van der Waals surface area contributed by atoms with E-state index in [9.17, 15) is 14.3 Å². The zero-order chi connectivity index (χ0) is 21.3. The van der Waals surface area contributed by atoms with Crippen LogP contribution in [0.25, 0.3) is 22.5 Å². The van der Waals surface area contributed by atoms with Crippen LogP contribution >= 0.6 is 11.6 Å². The lowest BCUT2D eigenvalue weighted by molar-refractivity contribution is -0.140. The van der Waals surface area contributed by atoms with Gasteiger partial charge in [-0.15, -0.1) is 0 Å². The van der Waals surface area contributed by atoms with E-state index in [0.29, 0.717) is 47.9 Å². The van der Waals surface area contributed by atoms with E-state index in [1.165, 1.54) is 19.3 Å². The van der Waals surface area contributed by atoms with Gasteiger partial charge in [-0.3, -0.25) is 9.89 Å². The third kappa shape index (κ3) is 3.93. The van der Waals surface area contributed by atoms with Crippen molar-refractivity contribution >= 4 is 17.5 Å². The van der Waals surface area contributed by atoms with Gasteiger partial charge in [0.05, 0.1) is 5.69 Å². The lowest BCUT2D eigenvalue weighted by atomic mass is 9.88. The summed E-state index contributed by atoms with van der Waals surface area (Å²) in [4.78, 5) is 22.1. The van der Waals surface area contributed by atoms with E-state index in [4.69, 9.17) is 11.6 Å². The van der Waals surface area contributed by atoms with Gasteiger partial charge in [0.25, 0.3) is 5.91 Å². The van der Waals surface area contributed by atoms with Crippen LogP contribution in [0.2, 0.25) is 5.02 Å². The topological polar surface area (TPSA) is 95.0 Å². The van der Waals surface area contributed by atoms with Gasteiger partial charge in [-0.25, -0.2) is 14.4 Å². The van der Waals surface area contributed by atoms with Crippen molar-refractivity contribution in [1.29, 1.82) is 0 Å². The summed E-state index contributed by atoms with van der Waals surface area (Å²) in [6.45, 7) is 2.53. The number of piperidine rings is 1. The summed E-state index contributed by atoms with van der Waals surface area (Å²) in [7, 11) is 0. The van der Waals surface area contributed by atoms with Crippen LogP contribution in [0, 0.1) is 5.82 Å². The summed E-state index contributed by atoms with van der Waals surface area (Å²) >= 11 is 5.91. The number of amides is 1. The number of aromatic amines is 1. The maximum absolute atomic E-state index is 14.7. The third-order valence-electron chi connectivity index (χ3n) is 5.39. The minimum Gasteiger partial charge on any atom is -0.384 e. The first kappa shape index (κ1) is 20.4. The molecule has 1 saturated heterocycles. The SMILES string of the molecule is C[C@@H](O)C(=O)N1CCC(c2[nH]nc(-c3ccc(Cl)cc3F)c2-c2ccncn2)CC1. The molecule has 0 aliphatic carbocycles. The van der Waals surface area contributed by atoms with Crippen molar-refractivity contribution in [2.24, 2.45) is 0 Å². The molecule has 30 heavy (non-hydrogen) atoms. The summed E-state index contributed by atoms with van der Waals surface area (Å²) < 4.78 is 14.7. The molecule has 0 spiro atoms. The summed E-state index contributed by atoms with van der Waals surface area (Å²) in [6, 6.07) is 6.25. The lowest BCUT2D eigenvalue weighted by Gasteiger charge is -2.32. The van der Waals surface area contributed by atoms with Crippen molar-refractivity contribution < 1.29 is 14.3 Å². The molecule has 0 bridgehead atoms. The fourth-order valence-corrected chi connectivity index (χ4v) is 4.04. The molecule has 0 radical (unpaired) electrons. The number of aromatic nitrogens is 4. The fraction of sp³-hybridized carbons (Fsp3) is 0.333. The fourth-order valence-electron chi connectivity index (χ4n) is 3.88. The second kappa shape index (κ2) is 8.49. The molecule has 0 unspecified atom stereocenters. The number of carbonyl (C=O) groups is 1. The average molecular weight is 430 g/mol. The number of halogens is 2. The van der Waals surface area contributed by atoms with Gasteiger partial charge >= 0.3 is 0 Å². The van der Waals surface area contributed by atoms with Gasteiger partial charge in [-0.1, -0.05) is 11.6 Å². The number of likely N-dealkylation sites (tertiary alicyclic amines) is 1. The smallest absolute Gasteiger partial charge is 0.251 e. The molecule has 1 aromatic carbocycles. The quantitative estimate of drug-likeness (QED) is 0.662. The molecule has 1 aliphatic rings. The molecule has 1 atom stereocenters. The number of nitrogens with one attached hydrogen (secondary N) is 1. The molecule has 0 saturated carbocycles. The van der Waals surface area contributed by atoms with Crippen molar-refractivity contribution in [2.45, 2.75) is 31.8 Å². The van der Waals surface area contributed by atoms with Gasteiger partial charge in [0, 0.05) is 47.0 Å². The predicted octanol–water partition coefficient (Wildman–Crippen LogP) is 3.41. The van der Waals surface area contributed by atoms with Crippen LogP contribution in [0.3, 0.4) is 0 Å². The third-order valence-corrected chi connectivity index (χ3v) is 5.63. The molecule has 2 N–H and O–H groups in total. The van der Waals surface area contributed by atoms with E-state index in [0.717, 1.165) is 11.3 Å². The Morgan fingerprint density at radius 2 is 2.10 bits per heavy atom. The Morgan fingerprint density at radius 3 is 2.73 bits per heavy atom. The summed E-state index contributed by atoms with van der Waals surface area (Å²) in [5, 5.41) is 17.4. The molecular weight excluding hydrogens is 409 g/mol. The molecule has 4 rings (SSSR count). The van der Waals surface area contributed by atoms with E-state index in [2.05, 4.69) is 20.2 Å². The Balaban J connectivity index is 1.71. The number of aliphatic hydroxyl groups excluding tert-OH is 1. The van der Waals surface area contributed by atoms with Crippen molar-refractivity contribution in [3.63, 3.8) is 0 Å². The highest BCUT2D eigenvalue weighted by Gasteiger charge is 2.30. The number of carbonyl (C=O) groups excluding carboxylic acids is 1. The number of H-pyrrole nitrogens is 1. The monoisotopic (exact) mass is 429 g/mol.